The van der Waals surface area contributed by atoms with E-state index in [1.54, 1.807) is 0 Å². The molecule has 0 heterocycles. The van der Waals surface area contributed by atoms with Crippen molar-refractivity contribution in [3.05, 3.63) is 0 Å². The second kappa shape index (κ2) is 3.82. The Kier molecular flexibility index (Phi) is 3.32. The van der Waals surface area contributed by atoms with Crippen LogP contribution in [-0.4, -0.2) is 10.8 Å². The van der Waals surface area contributed by atoms with Gasteiger partial charge in [0, 0.05) is 10.8 Å². The van der Waals surface area contributed by atoms with Crippen molar-refractivity contribution in [1.82, 2.24) is 0 Å². The Hall–Kier alpha value is 0.580. The van der Waals surface area contributed by atoms with Gasteiger partial charge in [-0.25, -0.2) is 0 Å². The van der Waals surface area contributed by atoms with Crippen LogP contribution in [0.25, 0.3) is 0 Å². The summed E-state index contributed by atoms with van der Waals surface area (Å²) in [6, 6.07) is 0. The van der Waals surface area contributed by atoms with Gasteiger partial charge in [0.2, 0.25) is 0 Å². The molecule has 0 aromatic heterocycles. The van der Waals surface area contributed by atoms with Crippen molar-refractivity contribution in [2.75, 3.05) is 0 Å². The molecule has 3 atom stereocenters. The summed E-state index contributed by atoms with van der Waals surface area (Å²) in [6.07, 6.45) is 4.83. The fourth-order valence-corrected chi connectivity index (χ4v) is 2.19. The number of halogens is 2. The van der Waals surface area contributed by atoms with E-state index in [1.807, 2.05) is 0 Å². The van der Waals surface area contributed by atoms with Crippen molar-refractivity contribution in [3.63, 3.8) is 0 Å². The molecule has 0 radical (unpaired) electrons. The Bertz CT molecular complexity index is 101. The Morgan fingerprint density at radius 1 is 1.40 bits per heavy atom. The van der Waals surface area contributed by atoms with E-state index in [4.69, 9.17) is 23.2 Å². The quantitative estimate of drug-likeness (QED) is 0.543. The molecular weight excluding hydrogens is 167 g/mol. The molecule has 1 aliphatic carbocycles. The van der Waals surface area contributed by atoms with Crippen LogP contribution in [0.4, 0.5) is 0 Å². The van der Waals surface area contributed by atoms with Gasteiger partial charge >= 0.3 is 0 Å². The Balaban J connectivity index is 2.32. The lowest BCUT2D eigenvalue weighted by Gasteiger charge is -2.26. The van der Waals surface area contributed by atoms with Crippen LogP contribution in [0.3, 0.4) is 0 Å². The summed E-state index contributed by atoms with van der Waals surface area (Å²) in [7, 11) is 0. The van der Waals surface area contributed by atoms with E-state index in [1.165, 1.54) is 19.3 Å². The summed E-state index contributed by atoms with van der Waals surface area (Å²) >= 11 is 12.0. The van der Waals surface area contributed by atoms with Crippen LogP contribution in [0.5, 0.6) is 0 Å². The van der Waals surface area contributed by atoms with Gasteiger partial charge in [-0.2, -0.15) is 0 Å². The van der Waals surface area contributed by atoms with Crippen LogP contribution in [0, 0.1) is 5.92 Å². The summed E-state index contributed by atoms with van der Waals surface area (Å²) < 4.78 is 0. The zero-order chi connectivity index (χ0) is 7.56. The van der Waals surface area contributed by atoms with Gasteiger partial charge in [0.1, 0.15) is 0 Å². The lowest BCUT2D eigenvalue weighted by atomic mass is 9.87. The summed E-state index contributed by atoms with van der Waals surface area (Å²) in [5, 5.41) is 0.696. The van der Waals surface area contributed by atoms with Crippen molar-refractivity contribution >= 4 is 23.2 Å². The molecule has 0 saturated heterocycles. The SMILES string of the molecule is CC(Cl)C1CCCC(Cl)C1. The highest BCUT2D eigenvalue weighted by molar-refractivity contribution is 6.21. The Morgan fingerprint density at radius 3 is 2.50 bits per heavy atom. The molecule has 1 rings (SSSR count). The molecule has 0 bridgehead atoms. The smallest absolute Gasteiger partial charge is 0.0339 e. The van der Waals surface area contributed by atoms with Crippen LogP contribution in [-0.2, 0) is 0 Å². The van der Waals surface area contributed by atoms with Gasteiger partial charge in [-0.1, -0.05) is 6.42 Å². The summed E-state index contributed by atoms with van der Waals surface area (Å²) in [4.78, 5) is 0. The molecule has 0 N–H and O–H groups in total. The lowest BCUT2D eigenvalue weighted by Crippen LogP contribution is -2.21. The molecule has 2 heteroatoms. The third-order valence-corrected chi connectivity index (χ3v) is 3.05. The van der Waals surface area contributed by atoms with Gasteiger partial charge in [0.15, 0.2) is 0 Å². The van der Waals surface area contributed by atoms with Gasteiger partial charge in [-0.05, 0) is 32.1 Å². The highest BCUT2D eigenvalue weighted by atomic mass is 35.5. The molecular formula is C8H14Cl2. The highest BCUT2D eigenvalue weighted by Crippen LogP contribution is 2.31. The van der Waals surface area contributed by atoms with Gasteiger partial charge in [0.25, 0.3) is 0 Å². The van der Waals surface area contributed by atoms with Crippen LogP contribution in [0.1, 0.15) is 32.6 Å². The lowest BCUT2D eigenvalue weighted by molar-refractivity contribution is 0.359. The second-order valence-corrected chi connectivity index (χ2v) is 4.51. The van der Waals surface area contributed by atoms with Gasteiger partial charge in [-0.3, -0.25) is 0 Å². The minimum atomic E-state index is 0.307. The average Bonchev–Trinajstić information content (AvgIpc) is 1.88. The topological polar surface area (TPSA) is 0 Å². The first kappa shape index (κ1) is 8.67. The summed E-state index contributed by atoms with van der Waals surface area (Å²) in [6.45, 7) is 2.07. The number of alkyl halides is 2. The van der Waals surface area contributed by atoms with E-state index in [0.29, 0.717) is 16.7 Å². The third-order valence-electron chi connectivity index (χ3n) is 2.30. The molecule has 1 aliphatic rings. The van der Waals surface area contributed by atoms with E-state index >= 15 is 0 Å². The molecule has 60 valence electrons. The fourth-order valence-electron chi connectivity index (χ4n) is 1.58. The van der Waals surface area contributed by atoms with Crippen molar-refractivity contribution in [2.24, 2.45) is 5.92 Å². The molecule has 0 spiro atoms. The molecule has 1 fully saturated rings. The zero-order valence-corrected chi connectivity index (χ0v) is 7.83. The van der Waals surface area contributed by atoms with Crippen LogP contribution < -0.4 is 0 Å². The normalized spacial score (nSPS) is 37.5. The van der Waals surface area contributed by atoms with Crippen LogP contribution in [0.15, 0.2) is 0 Å². The standard InChI is InChI=1S/C8H14Cl2/c1-6(9)7-3-2-4-8(10)5-7/h6-8H,2-5H2,1H3. The summed E-state index contributed by atoms with van der Waals surface area (Å²) in [5.74, 6) is 0.665. The maximum atomic E-state index is 6.00. The molecule has 10 heavy (non-hydrogen) atoms. The minimum absolute atomic E-state index is 0.307. The largest absolute Gasteiger partial charge is 0.123 e. The van der Waals surface area contributed by atoms with Gasteiger partial charge in [-0.15, -0.1) is 23.2 Å². The first-order chi connectivity index (χ1) is 4.70. The summed E-state index contributed by atoms with van der Waals surface area (Å²) in [5.41, 5.74) is 0. The van der Waals surface area contributed by atoms with Crippen molar-refractivity contribution in [3.8, 4) is 0 Å². The van der Waals surface area contributed by atoms with E-state index in [9.17, 15) is 0 Å². The molecule has 0 aromatic rings. The Labute approximate surface area is 72.9 Å². The number of hydrogen-bond donors (Lipinski definition) is 0. The van der Waals surface area contributed by atoms with Gasteiger partial charge in [0.05, 0.1) is 0 Å². The predicted molar refractivity (Wildman–Crippen MR) is 46.9 cm³/mol. The van der Waals surface area contributed by atoms with Gasteiger partial charge < -0.3 is 0 Å². The fraction of sp³-hybridized carbons (Fsp3) is 1.00. The van der Waals surface area contributed by atoms with Crippen molar-refractivity contribution in [1.29, 1.82) is 0 Å². The minimum Gasteiger partial charge on any atom is -0.123 e. The predicted octanol–water partition coefficient (Wildman–Crippen LogP) is 3.41. The molecule has 1 saturated carbocycles. The molecule has 0 aliphatic heterocycles. The zero-order valence-electron chi connectivity index (χ0n) is 6.32. The van der Waals surface area contributed by atoms with Crippen molar-refractivity contribution < 1.29 is 0 Å². The third kappa shape index (κ3) is 2.32. The van der Waals surface area contributed by atoms with Crippen molar-refractivity contribution in [2.45, 2.75) is 43.4 Å². The number of hydrogen-bond acceptors (Lipinski definition) is 0. The highest BCUT2D eigenvalue weighted by Gasteiger charge is 2.23. The maximum absolute atomic E-state index is 6.00. The molecule has 3 unspecified atom stereocenters. The molecule has 0 nitrogen and oxygen atoms in total. The maximum Gasteiger partial charge on any atom is 0.0339 e. The van der Waals surface area contributed by atoms with E-state index in [0.717, 1.165) is 6.42 Å². The van der Waals surface area contributed by atoms with E-state index < -0.39 is 0 Å². The van der Waals surface area contributed by atoms with E-state index in [2.05, 4.69) is 6.92 Å². The van der Waals surface area contributed by atoms with E-state index in [-0.39, 0.29) is 0 Å². The van der Waals surface area contributed by atoms with Crippen LogP contribution in [0.2, 0.25) is 0 Å². The molecule has 0 amide bonds. The van der Waals surface area contributed by atoms with Crippen LogP contribution >= 0.6 is 23.2 Å². The Morgan fingerprint density at radius 2 is 2.10 bits per heavy atom. The second-order valence-electron chi connectivity index (χ2n) is 3.20. The monoisotopic (exact) mass is 180 g/mol. The first-order valence-electron chi connectivity index (χ1n) is 3.98. The number of rotatable bonds is 1. The molecule has 0 aromatic carbocycles. The first-order valence-corrected chi connectivity index (χ1v) is 4.85. The average molecular weight is 181 g/mol.